The highest BCUT2D eigenvalue weighted by Gasteiger charge is 2.41. The predicted molar refractivity (Wildman–Crippen MR) is 144 cm³/mol. The van der Waals surface area contributed by atoms with Gasteiger partial charge in [-0.25, -0.2) is 26.5 Å². The summed E-state index contributed by atoms with van der Waals surface area (Å²) in [6.45, 7) is -0.519. The molecule has 3 aromatic rings. The van der Waals surface area contributed by atoms with Crippen LogP contribution in [0.25, 0.3) is 11.1 Å². The number of alkyl halides is 6. The van der Waals surface area contributed by atoms with E-state index in [0.29, 0.717) is 35.6 Å². The van der Waals surface area contributed by atoms with Gasteiger partial charge in [0, 0.05) is 30.8 Å². The van der Waals surface area contributed by atoms with Gasteiger partial charge in [0.05, 0.1) is 39.3 Å². The minimum absolute atomic E-state index is 0.0690. The van der Waals surface area contributed by atoms with Crippen LogP contribution >= 0.6 is 0 Å². The molecule has 2 aromatic carbocycles. The fourth-order valence-electron chi connectivity index (χ4n) is 4.40. The number of benzene rings is 2. The second kappa shape index (κ2) is 11.4. The van der Waals surface area contributed by atoms with Crippen molar-refractivity contribution in [2.75, 3.05) is 30.5 Å². The first-order valence-electron chi connectivity index (χ1n) is 12.3. The largest absolute Gasteiger partial charge is 0.417 e. The quantitative estimate of drug-likeness (QED) is 0.198. The summed E-state index contributed by atoms with van der Waals surface area (Å²) in [6, 6.07) is 3.90. The molecule has 236 valence electrons. The zero-order valence-corrected chi connectivity index (χ0v) is 24.4. The Balaban J connectivity index is 1.45. The number of anilines is 1. The summed E-state index contributed by atoms with van der Waals surface area (Å²) in [7, 11) is -8.41. The van der Waals surface area contributed by atoms with E-state index >= 15 is 0 Å². The van der Waals surface area contributed by atoms with Gasteiger partial charge in [-0.05, 0) is 35.9 Å². The summed E-state index contributed by atoms with van der Waals surface area (Å²) in [4.78, 5) is 25.0. The van der Waals surface area contributed by atoms with E-state index in [1.165, 1.54) is 35.3 Å². The molecule has 0 atom stereocenters. The minimum Gasteiger partial charge on any atom is -0.311 e. The molecule has 0 unspecified atom stereocenters. The minimum atomic E-state index is -5.07. The Hall–Kier alpha value is -4.19. The maximum absolute atomic E-state index is 13.5. The van der Waals surface area contributed by atoms with E-state index in [0.717, 1.165) is 17.0 Å². The van der Waals surface area contributed by atoms with Gasteiger partial charge in [0.15, 0.2) is 19.7 Å². The van der Waals surface area contributed by atoms with Gasteiger partial charge in [-0.2, -0.15) is 31.4 Å². The third-order valence-corrected chi connectivity index (χ3v) is 8.71. The van der Waals surface area contributed by atoms with Crippen molar-refractivity contribution in [1.29, 1.82) is 0 Å². The molecular weight excluding hydrogens is 642 g/mol. The molecule has 1 aromatic heterocycles. The van der Waals surface area contributed by atoms with Crippen LogP contribution in [-0.4, -0.2) is 69.1 Å². The van der Waals surface area contributed by atoms with Crippen molar-refractivity contribution < 1.29 is 52.8 Å². The number of imide groups is 1. The first kappa shape index (κ1) is 32.7. The van der Waals surface area contributed by atoms with Crippen LogP contribution in [0.3, 0.4) is 0 Å². The molecular formula is C26H22F6N4O6S2. The highest BCUT2D eigenvalue weighted by molar-refractivity contribution is 7.91. The molecule has 1 aliphatic heterocycles. The summed E-state index contributed by atoms with van der Waals surface area (Å²) >= 11 is 0. The average Bonchev–Trinajstić information content (AvgIpc) is 3.47. The molecule has 0 bridgehead atoms. The first-order chi connectivity index (χ1) is 20.2. The Labute approximate surface area is 247 Å². The monoisotopic (exact) mass is 664 g/mol. The molecule has 1 aliphatic rings. The van der Waals surface area contributed by atoms with Crippen LogP contribution in [0, 0.1) is 0 Å². The Morgan fingerprint density at radius 1 is 0.795 bits per heavy atom. The number of rotatable bonds is 8. The van der Waals surface area contributed by atoms with Gasteiger partial charge in [0.1, 0.15) is 6.54 Å². The van der Waals surface area contributed by atoms with Crippen molar-refractivity contribution in [3.05, 3.63) is 72.1 Å². The number of amides is 3. The van der Waals surface area contributed by atoms with E-state index in [4.69, 9.17) is 0 Å². The standard InChI is InChI=1S/C26H22F6N4O6S2/c1-43(39,40)21-7-5-16(11-19(21)25(27,28)29)17-13-33-35(14-17)10-4-3-9-34-15-23(37)36(24(34)38)18-6-8-22(44(2,41)42)20(12-18)26(30,31)32/h3-8,11-14H,9-10,15H2,1-2H3. The van der Waals surface area contributed by atoms with Gasteiger partial charge < -0.3 is 4.90 Å². The van der Waals surface area contributed by atoms with Crippen molar-refractivity contribution in [2.24, 2.45) is 0 Å². The van der Waals surface area contributed by atoms with Crippen molar-refractivity contribution in [1.82, 2.24) is 14.7 Å². The molecule has 1 saturated heterocycles. The number of hydrogen-bond donors (Lipinski definition) is 0. The maximum atomic E-state index is 13.5. The van der Waals surface area contributed by atoms with Crippen LogP contribution < -0.4 is 4.90 Å². The third kappa shape index (κ3) is 6.96. The van der Waals surface area contributed by atoms with Crippen molar-refractivity contribution >= 4 is 37.3 Å². The number of sulfone groups is 2. The van der Waals surface area contributed by atoms with Crippen LogP contribution in [0.5, 0.6) is 0 Å². The van der Waals surface area contributed by atoms with Gasteiger partial charge in [-0.15, -0.1) is 0 Å². The average molecular weight is 665 g/mol. The molecule has 3 amide bonds. The first-order valence-corrected chi connectivity index (χ1v) is 16.1. The molecule has 44 heavy (non-hydrogen) atoms. The Kier molecular flexibility index (Phi) is 8.47. The second-order valence-corrected chi connectivity index (χ2v) is 13.7. The number of halogens is 6. The number of carbonyl (C=O) groups is 2. The molecule has 0 N–H and O–H groups in total. The van der Waals surface area contributed by atoms with E-state index in [9.17, 15) is 52.8 Å². The molecule has 0 aliphatic carbocycles. The number of urea groups is 1. The van der Waals surface area contributed by atoms with Crippen LogP contribution in [-0.2, 0) is 43.4 Å². The topological polar surface area (TPSA) is 127 Å². The smallest absolute Gasteiger partial charge is 0.311 e. The molecule has 0 radical (unpaired) electrons. The molecule has 0 spiro atoms. The summed E-state index contributed by atoms with van der Waals surface area (Å²) in [5.74, 6) is -0.833. The molecule has 10 nitrogen and oxygen atoms in total. The van der Waals surface area contributed by atoms with Gasteiger partial charge in [0.2, 0.25) is 0 Å². The summed E-state index contributed by atoms with van der Waals surface area (Å²) in [5.41, 5.74) is -2.95. The van der Waals surface area contributed by atoms with E-state index in [1.807, 2.05) is 0 Å². The van der Waals surface area contributed by atoms with Crippen LogP contribution in [0.15, 0.2) is 70.7 Å². The molecule has 4 rings (SSSR count). The van der Waals surface area contributed by atoms with Crippen LogP contribution in [0.2, 0.25) is 0 Å². The summed E-state index contributed by atoms with van der Waals surface area (Å²) in [5, 5.41) is 4.04. The fourth-order valence-corrected chi connectivity index (χ4v) is 6.18. The van der Waals surface area contributed by atoms with Gasteiger partial charge in [0.25, 0.3) is 5.91 Å². The highest BCUT2D eigenvalue weighted by Crippen LogP contribution is 2.38. The lowest BCUT2D eigenvalue weighted by molar-refractivity contribution is -0.140. The highest BCUT2D eigenvalue weighted by atomic mass is 32.2. The Morgan fingerprint density at radius 2 is 1.34 bits per heavy atom. The lowest BCUT2D eigenvalue weighted by Gasteiger charge is -2.19. The van der Waals surface area contributed by atoms with E-state index in [2.05, 4.69) is 5.10 Å². The summed E-state index contributed by atoms with van der Waals surface area (Å²) in [6.07, 6.45) is -3.05. The van der Waals surface area contributed by atoms with Gasteiger partial charge in [-0.3, -0.25) is 9.48 Å². The summed E-state index contributed by atoms with van der Waals surface area (Å²) < 4.78 is 130. The van der Waals surface area contributed by atoms with E-state index in [1.54, 1.807) is 0 Å². The lowest BCUT2D eigenvalue weighted by Crippen LogP contribution is -2.33. The SMILES string of the molecule is CS(=O)(=O)c1ccc(-c2cnn(CC=CCN3CC(=O)N(c4ccc(S(C)(=O)=O)c(C(F)(F)F)c4)C3=O)c2)cc1C(F)(F)F. The third-order valence-electron chi connectivity index (χ3n) is 6.40. The van der Waals surface area contributed by atoms with Crippen molar-refractivity contribution in [2.45, 2.75) is 28.7 Å². The lowest BCUT2D eigenvalue weighted by atomic mass is 10.1. The Bertz CT molecular complexity index is 1880. The molecule has 1 fully saturated rings. The zero-order valence-electron chi connectivity index (χ0n) is 22.7. The number of nitrogens with zero attached hydrogens (tertiary/aromatic N) is 4. The van der Waals surface area contributed by atoms with Crippen molar-refractivity contribution in [3.63, 3.8) is 0 Å². The van der Waals surface area contributed by atoms with Crippen molar-refractivity contribution in [3.8, 4) is 11.1 Å². The number of allylic oxidation sites excluding steroid dienone is 1. The number of carbonyl (C=O) groups excluding carboxylic acids is 2. The van der Waals surface area contributed by atoms with Crippen LogP contribution in [0.4, 0.5) is 36.8 Å². The Morgan fingerprint density at radius 3 is 1.91 bits per heavy atom. The van der Waals surface area contributed by atoms with Crippen LogP contribution in [0.1, 0.15) is 11.1 Å². The van der Waals surface area contributed by atoms with E-state index < -0.39 is 77.1 Å². The van der Waals surface area contributed by atoms with Gasteiger partial charge in [-0.1, -0.05) is 18.2 Å². The maximum Gasteiger partial charge on any atom is 0.417 e. The number of aromatic nitrogens is 2. The van der Waals surface area contributed by atoms with E-state index in [-0.39, 0.29) is 24.2 Å². The fraction of sp³-hybridized carbons (Fsp3) is 0.269. The number of hydrogen-bond acceptors (Lipinski definition) is 7. The normalized spacial score (nSPS) is 15.2. The second-order valence-electron chi connectivity index (χ2n) is 9.75. The molecule has 18 heteroatoms. The zero-order chi connectivity index (χ0) is 32.8. The molecule has 0 saturated carbocycles. The van der Waals surface area contributed by atoms with Gasteiger partial charge >= 0.3 is 18.4 Å². The predicted octanol–water partition coefficient (Wildman–Crippen LogP) is 4.42. The molecule has 2 heterocycles.